The van der Waals surface area contributed by atoms with Crippen LogP contribution >= 0.6 is 11.3 Å². The molecule has 1 fully saturated rings. The average Bonchev–Trinajstić information content (AvgIpc) is 3.21. The van der Waals surface area contributed by atoms with E-state index < -0.39 is 11.9 Å². The van der Waals surface area contributed by atoms with Gasteiger partial charge in [-0.05, 0) is 26.7 Å². The third kappa shape index (κ3) is 4.25. The van der Waals surface area contributed by atoms with Gasteiger partial charge in [-0.1, -0.05) is 11.3 Å². The summed E-state index contributed by atoms with van der Waals surface area (Å²) in [5, 5.41) is 5.58. The molecular weight excluding hydrogens is 294 g/mol. The zero-order valence-electron chi connectivity index (χ0n) is 11.9. The molecule has 0 radical (unpaired) electrons. The molecule has 8 heteroatoms. The Bertz CT molecular complexity index is 566. The summed E-state index contributed by atoms with van der Waals surface area (Å²) in [6.07, 6.45) is 1.81. The van der Waals surface area contributed by atoms with E-state index in [9.17, 15) is 14.4 Å². The number of nitrogens with one attached hydrogen (secondary N) is 2. The fourth-order valence-corrected chi connectivity index (χ4v) is 2.54. The molecule has 2 N–H and O–H groups in total. The average molecular weight is 311 g/mol. The van der Waals surface area contributed by atoms with Gasteiger partial charge in [-0.25, -0.2) is 4.98 Å². The number of nitrogens with zero attached hydrogens (tertiary/aromatic N) is 1. The van der Waals surface area contributed by atoms with Crippen LogP contribution < -0.4 is 10.6 Å². The van der Waals surface area contributed by atoms with Crippen LogP contribution in [-0.2, 0) is 14.3 Å². The van der Waals surface area contributed by atoms with Crippen molar-refractivity contribution in [2.45, 2.75) is 26.7 Å². The molecule has 1 aliphatic carbocycles. The Morgan fingerprint density at radius 3 is 2.71 bits per heavy atom. The van der Waals surface area contributed by atoms with Crippen molar-refractivity contribution in [1.29, 1.82) is 0 Å². The summed E-state index contributed by atoms with van der Waals surface area (Å²) in [7, 11) is 0. The predicted octanol–water partition coefficient (Wildman–Crippen LogP) is 1.09. The number of hydrogen-bond donors (Lipinski definition) is 2. The molecule has 2 rings (SSSR count). The van der Waals surface area contributed by atoms with Crippen LogP contribution in [0.4, 0.5) is 5.13 Å². The van der Waals surface area contributed by atoms with Crippen LogP contribution in [-0.4, -0.2) is 35.9 Å². The first kappa shape index (κ1) is 15.4. The Kier molecular flexibility index (Phi) is 4.89. The van der Waals surface area contributed by atoms with E-state index in [1.807, 2.05) is 0 Å². The van der Waals surface area contributed by atoms with E-state index in [0.29, 0.717) is 15.7 Å². The maximum Gasteiger partial charge on any atom is 0.325 e. The van der Waals surface area contributed by atoms with Gasteiger partial charge in [0.05, 0.1) is 12.3 Å². The molecule has 21 heavy (non-hydrogen) atoms. The zero-order valence-corrected chi connectivity index (χ0v) is 12.7. The van der Waals surface area contributed by atoms with E-state index in [4.69, 9.17) is 4.74 Å². The van der Waals surface area contributed by atoms with E-state index >= 15 is 0 Å². The maximum atomic E-state index is 12.0. The van der Waals surface area contributed by atoms with Gasteiger partial charge in [-0.2, -0.15) is 0 Å². The maximum absolute atomic E-state index is 12.0. The molecule has 0 aromatic carbocycles. The van der Waals surface area contributed by atoms with Crippen molar-refractivity contribution >= 4 is 34.3 Å². The zero-order chi connectivity index (χ0) is 15.4. The number of anilines is 1. The highest BCUT2D eigenvalue weighted by Gasteiger charge is 2.30. The number of aryl methyl sites for hydroxylation is 1. The molecule has 0 aliphatic heterocycles. The number of amides is 2. The summed E-state index contributed by atoms with van der Waals surface area (Å²) in [5.41, 5.74) is 0.521. The number of carbonyl (C=O) groups excluding carboxylic acids is 3. The molecule has 0 spiro atoms. The summed E-state index contributed by atoms with van der Waals surface area (Å²) < 4.78 is 4.73. The first-order valence-corrected chi connectivity index (χ1v) is 7.55. The van der Waals surface area contributed by atoms with Crippen molar-refractivity contribution < 1.29 is 19.1 Å². The number of aromatic nitrogens is 1. The fourth-order valence-electron chi connectivity index (χ4n) is 1.66. The van der Waals surface area contributed by atoms with E-state index in [-0.39, 0.29) is 25.0 Å². The van der Waals surface area contributed by atoms with Crippen molar-refractivity contribution in [3.8, 4) is 0 Å². The highest BCUT2D eigenvalue weighted by Crippen LogP contribution is 2.31. The largest absolute Gasteiger partial charge is 0.465 e. The lowest BCUT2D eigenvalue weighted by molar-refractivity contribution is -0.141. The molecule has 7 nitrogen and oxygen atoms in total. The second-order valence-electron chi connectivity index (χ2n) is 4.68. The van der Waals surface area contributed by atoms with Crippen LogP contribution in [0, 0.1) is 12.8 Å². The summed E-state index contributed by atoms with van der Waals surface area (Å²) in [6, 6.07) is 0. The third-order valence-electron chi connectivity index (χ3n) is 2.88. The standard InChI is InChI=1S/C13H17N3O4S/c1-3-20-9(17)6-14-12(19)10-7(2)15-13(21-10)16-11(18)8-4-5-8/h8H,3-6H2,1-2H3,(H,14,19)(H,15,16,18). The molecule has 1 aromatic rings. The molecule has 0 atom stereocenters. The minimum absolute atomic E-state index is 0.0535. The Hall–Kier alpha value is -1.96. The molecule has 1 aliphatic rings. The van der Waals surface area contributed by atoms with Gasteiger partial charge in [0.2, 0.25) is 5.91 Å². The number of rotatable bonds is 6. The lowest BCUT2D eigenvalue weighted by Crippen LogP contribution is -2.30. The molecular formula is C13H17N3O4S. The normalized spacial score (nSPS) is 13.6. The van der Waals surface area contributed by atoms with Gasteiger partial charge in [0.25, 0.3) is 5.91 Å². The van der Waals surface area contributed by atoms with Crippen molar-refractivity contribution in [2.24, 2.45) is 5.92 Å². The SMILES string of the molecule is CCOC(=O)CNC(=O)c1sc(NC(=O)C2CC2)nc1C. The molecule has 1 heterocycles. The number of ether oxygens (including phenoxy) is 1. The number of hydrogen-bond acceptors (Lipinski definition) is 6. The Morgan fingerprint density at radius 2 is 2.10 bits per heavy atom. The Morgan fingerprint density at radius 1 is 1.38 bits per heavy atom. The van der Waals surface area contributed by atoms with Gasteiger partial charge in [0.15, 0.2) is 5.13 Å². The smallest absolute Gasteiger partial charge is 0.325 e. The quantitative estimate of drug-likeness (QED) is 0.767. The van der Waals surface area contributed by atoms with Crippen LogP contribution in [0.25, 0.3) is 0 Å². The summed E-state index contributed by atoms with van der Waals surface area (Å²) in [4.78, 5) is 39.3. The molecule has 0 unspecified atom stereocenters. The van der Waals surface area contributed by atoms with Crippen LogP contribution in [0.2, 0.25) is 0 Å². The number of esters is 1. The van der Waals surface area contributed by atoms with Crippen LogP contribution in [0.15, 0.2) is 0 Å². The summed E-state index contributed by atoms with van der Waals surface area (Å²) >= 11 is 1.10. The van der Waals surface area contributed by atoms with Crippen molar-refractivity contribution in [1.82, 2.24) is 10.3 Å². The molecule has 1 saturated carbocycles. The van der Waals surface area contributed by atoms with Gasteiger partial charge in [0.1, 0.15) is 11.4 Å². The lowest BCUT2D eigenvalue weighted by atomic mass is 10.4. The Balaban J connectivity index is 1.92. The van der Waals surface area contributed by atoms with Crippen LogP contribution in [0.1, 0.15) is 35.1 Å². The van der Waals surface area contributed by atoms with E-state index in [2.05, 4.69) is 15.6 Å². The second kappa shape index (κ2) is 6.66. The highest BCUT2D eigenvalue weighted by molar-refractivity contribution is 7.17. The predicted molar refractivity (Wildman–Crippen MR) is 77.2 cm³/mol. The van der Waals surface area contributed by atoms with Crippen LogP contribution in [0.3, 0.4) is 0 Å². The lowest BCUT2D eigenvalue weighted by Gasteiger charge is -2.03. The molecule has 0 bridgehead atoms. The third-order valence-corrected chi connectivity index (χ3v) is 3.95. The van der Waals surface area contributed by atoms with E-state index in [0.717, 1.165) is 24.2 Å². The van der Waals surface area contributed by atoms with Gasteiger partial charge in [0, 0.05) is 5.92 Å². The molecule has 1 aromatic heterocycles. The van der Waals surface area contributed by atoms with Crippen molar-refractivity contribution in [3.05, 3.63) is 10.6 Å². The molecule has 114 valence electrons. The number of thiazole rings is 1. The number of carbonyl (C=O) groups is 3. The van der Waals surface area contributed by atoms with Gasteiger partial charge in [-0.3, -0.25) is 14.4 Å². The monoisotopic (exact) mass is 311 g/mol. The minimum Gasteiger partial charge on any atom is -0.465 e. The van der Waals surface area contributed by atoms with E-state index in [1.54, 1.807) is 13.8 Å². The van der Waals surface area contributed by atoms with Crippen molar-refractivity contribution in [2.75, 3.05) is 18.5 Å². The molecule has 2 amide bonds. The Labute approximate surface area is 126 Å². The van der Waals surface area contributed by atoms with Gasteiger partial charge < -0.3 is 15.4 Å². The summed E-state index contributed by atoms with van der Waals surface area (Å²) in [6.45, 7) is 3.46. The fraction of sp³-hybridized carbons (Fsp3) is 0.538. The topological polar surface area (TPSA) is 97.4 Å². The molecule has 0 saturated heterocycles. The van der Waals surface area contributed by atoms with Crippen LogP contribution in [0.5, 0.6) is 0 Å². The van der Waals surface area contributed by atoms with E-state index in [1.165, 1.54) is 0 Å². The first-order chi connectivity index (χ1) is 10.0. The first-order valence-electron chi connectivity index (χ1n) is 6.73. The van der Waals surface area contributed by atoms with Gasteiger partial charge in [-0.15, -0.1) is 0 Å². The second-order valence-corrected chi connectivity index (χ2v) is 5.68. The summed E-state index contributed by atoms with van der Waals surface area (Å²) in [5.74, 6) is -0.863. The van der Waals surface area contributed by atoms with Crippen molar-refractivity contribution in [3.63, 3.8) is 0 Å². The highest BCUT2D eigenvalue weighted by atomic mass is 32.1. The minimum atomic E-state index is -0.490. The van der Waals surface area contributed by atoms with Gasteiger partial charge >= 0.3 is 5.97 Å².